The number of halogens is 1. The van der Waals surface area contributed by atoms with Crippen LogP contribution >= 0.6 is 27.7 Å². The third-order valence-corrected chi connectivity index (χ3v) is 5.02. The Bertz CT molecular complexity index is 866. The fourth-order valence-electron chi connectivity index (χ4n) is 2.40. The summed E-state index contributed by atoms with van der Waals surface area (Å²) in [5.41, 5.74) is 3.56. The molecule has 0 unspecified atom stereocenters. The third-order valence-electron chi connectivity index (χ3n) is 3.38. The monoisotopic (exact) mass is 347 g/mol. The van der Waals surface area contributed by atoms with Gasteiger partial charge in [0.05, 0.1) is 16.3 Å². The van der Waals surface area contributed by atoms with Gasteiger partial charge in [-0.1, -0.05) is 28.1 Å². The summed E-state index contributed by atoms with van der Waals surface area (Å²) in [7, 11) is 0. The van der Waals surface area contributed by atoms with Gasteiger partial charge in [-0.15, -0.1) is 11.8 Å². The lowest BCUT2D eigenvalue weighted by Crippen LogP contribution is -2.17. The molecule has 0 fully saturated rings. The maximum Gasteiger partial charge on any atom is 0.286 e. The lowest BCUT2D eigenvalue weighted by atomic mass is 10.2. The highest BCUT2D eigenvalue weighted by Gasteiger charge is 2.20. The van der Waals surface area contributed by atoms with Crippen molar-refractivity contribution in [2.24, 2.45) is 0 Å². The predicted octanol–water partition coefficient (Wildman–Crippen LogP) is 3.10. The third kappa shape index (κ3) is 1.83. The van der Waals surface area contributed by atoms with E-state index >= 15 is 0 Å². The van der Waals surface area contributed by atoms with Crippen molar-refractivity contribution in [2.45, 2.75) is 11.3 Å². The van der Waals surface area contributed by atoms with Gasteiger partial charge in [0.2, 0.25) is 0 Å². The van der Waals surface area contributed by atoms with Crippen molar-refractivity contribution >= 4 is 33.3 Å². The van der Waals surface area contributed by atoms with E-state index in [1.807, 2.05) is 30.3 Å². The number of thioether (sulfide) groups is 1. The van der Waals surface area contributed by atoms with Crippen LogP contribution in [0.1, 0.15) is 5.69 Å². The Kier molecular flexibility index (Phi) is 2.75. The Balaban J connectivity index is 1.94. The van der Waals surface area contributed by atoms with E-state index in [0.29, 0.717) is 5.65 Å². The van der Waals surface area contributed by atoms with Crippen molar-refractivity contribution in [3.05, 3.63) is 50.9 Å². The highest BCUT2D eigenvalue weighted by molar-refractivity contribution is 9.10. The second-order valence-corrected chi connectivity index (χ2v) is 6.68. The zero-order valence-corrected chi connectivity index (χ0v) is 12.8. The van der Waals surface area contributed by atoms with Crippen LogP contribution < -0.4 is 5.56 Å². The summed E-state index contributed by atoms with van der Waals surface area (Å²) in [6, 6.07) is 9.89. The van der Waals surface area contributed by atoms with Gasteiger partial charge in [0, 0.05) is 22.7 Å². The molecule has 0 amide bonds. The van der Waals surface area contributed by atoms with Gasteiger partial charge in [0.1, 0.15) is 0 Å². The van der Waals surface area contributed by atoms with Gasteiger partial charge in [0.25, 0.3) is 5.56 Å². The van der Waals surface area contributed by atoms with Gasteiger partial charge in [-0.3, -0.25) is 9.89 Å². The van der Waals surface area contributed by atoms with Crippen molar-refractivity contribution in [1.82, 2.24) is 14.6 Å². The van der Waals surface area contributed by atoms with E-state index in [-0.39, 0.29) is 5.56 Å². The molecule has 0 saturated heterocycles. The number of nitrogens with zero attached hydrogens (tertiary/aromatic N) is 2. The van der Waals surface area contributed by atoms with Gasteiger partial charge < -0.3 is 0 Å². The van der Waals surface area contributed by atoms with Crippen molar-refractivity contribution in [2.75, 3.05) is 5.75 Å². The molecule has 3 heterocycles. The minimum Gasteiger partial charge on any atom is -0.289 e. The average molecular weight is 348 g/mol. The zero-order chi connectivity index (χ0) is 13.7. The maximum atomic E-state index is 12.4. The number of aryl methyl sites for hydroxylation is 1. The number of aromatic amines is 1. The summed E-state index contributed by atoms with van der Waals surface area (Å²) in [4.78, 5) is 17.7. The normalized spacial score (nSPS) is 13.8. The quantitative estimate of drug-likeness (QED) is 0.735. The van der Waals surface area contributed by atoms with E-state index in [1.54, 1.807) is 11.8 Å². The zero-order valence-electron chi connectivity index (χ0n) is 10.4. The SMILES string of the molecule is O=c1c2c(nc3cc(-c4ccc(Br)cc4)[nH]n13)CCS2. The summed E-state index contributed by atoms with van der Waals surface area (Å²) >= 11 is 5.01. The van der Waals surface area contributed by atoms with Crippen LogP contribution in [-0.2, 0) is 6.42 Å². The summed E-state index contributed by atoms with van der Waals surface area (Å²) in [6.07, 6.45) is 0.880. The molecule has 2 aromatic heterocycles. The number of rotatable bonds is 1. The Morgan fingerprint density at radius 2 is 2.10 bits per heavy atom. The molecule has 100 valence electrons. The molecule has 0 bridgehead atoms. The molecule has 1 aliphatic heterocycles. The van der Waals surface area contributed by atoms with Crippen molar-refractivity contribution < 1.29 is 0 Å². The van der Waals surface area contributed by atoms with Crippen molar-refractivity contribution in [1.29, 1.82) is 0 Å². The van der Waals surface area contributed by atoms with Gasteiger partial charge in [0.15, 0.2) is 5.65 Å². The van der Waals surface area contributed by atoms with E-state index in [2.05, 4.69) is 26.0 Å². The van der Waals surface area contributed by atoms with Crippen LogP contribution in [-0.4, -0.2) is 20.4 Å². The Hall–Kier alpha value is -1.53. The minimum atomic E-state index is 0.0101. The van der Waals surface area contributed by atoms with E-state index in [1.165, 1.54) is 4.52 Å². The number of H-pyrrole nitrogens is 1. The van der Waals surface area contributed by atoms with E-state index < -0.39 is 0 Å². The van der Waals surface area contributed by atoms with Crippen LogP contribution in [0.5, 0.6) is 0 Å². The standard InChI is InChI=1S/C14H10BrN3OS/c15-9-3-1-8(2-4-9)11-7-12-16-10-5-6-20-13(10)14(19)18(12)17-11/h1-4,7,17H,5-6H2. The van der Waals surface area contributed by atoms with Crippen LogP contribution in [0, 0.1) is 0 Å². The molecule has 6 heteroatoms. The molecule has 0 atom stereocenters. The van der Waals surface area contributed by atoms with Crippen LogP contribution in [0.15, 0.2) is 44.5 Å². The lowest BCUT2D eigenvalue weighted by molar-refractivity contribution is 0.847. The predicted molar refractivity (Wildman–Crippen MR) is 83.4 cm³/mol. The minimum absolute atomic E-state index is 0.0101. The number of hydrogen-bond acceptors (Lipinski definition) is 3. The molecule has 0 radical (unpaired) electrons. The topological polar surface area (TPSA) is 50.2 Å². The highest BCUT2D eigenvalue weighted by Crippen LogP contribution is 2.27. The van der Waals surface area contributed by atoms with Crippen LogP contribution in [0.25, 0.3) is 16.9 Å². The smallest absolute Gasteiger partial charge is 0.286 e. The summed E-state index contributed by atoms with van der Waals surface area (Å²) < 4.78 is 2.57. The number of aromatic nitrogens is 3. The number of nitrogens with one attached hydrogen (secondary N) is 1. The first-order chi connectivity index (χ1) is 9.72. The molecule has 0 spiro atoms. The molecule has 4 nitrogen and oxygen atoms in total. The van der Waals surface area contributed by atoms with Gasteiger partial charge >= 0.3 is 0 Å². The first kappa shape index (κ1) is 12.2. The second-order valence-electron chi connectivity index (χ2n) is 4.66. The molecule has 0 saturated carbocycles. The van der Waals surface area contributed by atoms with E-state index in [9.17, 15) is 4.79 Å². The molecule has 1 aliphatic rings. The van der Waals surface area contributed by atoms with Crippen molar-refractivity contribution in [3.63, 3.8) is 0 Å². The lowest BCUT2D eigenvalue weighted by Gasteiger charge is -1.98. The fraction of sp³-hybridized carbons (Fsp3) is 0.143. The van der Waals surface area contributed by atoms with Crippen molar-refractivity contribution in [3.8, 4) is 11.3 Å². The number of hydrogen-bond donors (Lipinski definition) is 1. The molecule has 1 aromatic carbocycles. The molecule has 4 rings (SSSR count). The number of fused-ring (bicyclic) bond motifs is 2. The van der Waals surface area contributed by atoms with Crippen LogP contribution in [0.2, 0.25) is 0 Å². The summed E-state index contributed by atoms with van der Waals surface area (Å²) in [5, 5.41) is 3.14. The summed E-state index contributed by atoms with van der Waals surface area (Å²) in [6.45, 7) is 0. The average Bonchev–Trinajstić information content (AvgIpc) is 3.06. The molecule has 1 N–H and O–H groups in total. The second kappa shape index (κ2) is 4.49. The van der Waals surface area contributed by atoms with E-state index in [4.69, 9.17) is 0 Å². The highest BCUT2D eigenvalue weighted by atomic mass is 79.9. The molecular weight excluding hydrogens is 338 g/mol. The van der Waals surface area contributed by atoms with Gasteiger partial charge in [-0.05, 0) is 17.7 Å². The Labute approximate surface area is 127 Å². The number of benzene rings is 1. The van der Waals surface area contributed by atoms with Gasteiger partial charge in [-0.2, -0.15) is 0 Å². The maximum absolute atomic E-state index is 12.4. The first-order valence-corrected chi connectivity index (χ1v) is 8.03. The fourth-order valence-corrected chi connectivity index (χ4v) is 3.69. The molecule has 20 heavy (non-hydrogen) atoms. The van der Waals surface area contributed by atoms with Crippen LogP contribution in [0.4, 0.5) is 0 Å². The molecular formula is C14H10BrN3OS. The first-order valence-electron chi connectivity index (χ1n) is 6.26. The summed E-state index contributed by atoms with van der Waals surface area (Å²) in [5.74, 6) is 0.949. The van der Waals surface area contributed by atoms with E-state index in [0.717, 1.165) is 38.5 Å². The van der Waals surface area contributed by atoms with Crippen LogP contribution in [0.3, 0.4) is 0 Å². The largest absolute Gasteiger partial charge is 0.289 e. The Morgan fingerprint density at radius 1 is 1.30 bits per heavy atom. The Morgan fingerprint density at radius 3 is 2.90 bits per heavy atom. The molecule has 0 aliphatic carbocycles. The molecule has 3 aromatic rings. The van der Waals surface area contributed by atoms with Gasteiger partial charge in [-0.25, -0.2) is 9.50 Å².